The molecule has 9 heteroatoms. The Morgan fingerprint density at radius 3 is 2.05 bits per heavy atom. The Morgan fingerprint density at radius 1 is 0.833 bits per heavy atom. The number of carbonyl (C=O) groups is 2. The topological polar surface area (TPSA) is 124 Å². The molecule has 1 heterocycles. The third-order valence-corrected chi connectivity index (χ3v) is 9.41. The Bertz CT molecular complexity index is 1490. The van der Waals surface area contributed by atoms with Crippen molar-refractivity contribution in [3.8, 4) is 21.7 Å². The maximum Gasteiger partial charge on any atom is 0.405 e. The van der Waals surface area contributed by atoms with Crippen molar-refractivity contribution in [2.24, 2.45) is 5.41 Å². The molecule has 0 bridgehead atoms. The second kappa shape index (κ2) is 12.7. The van der Waals surface area contributed by atoms with E-state index in [9.17, 15) is 19.8 Å². The lowest BCUT2D eigenvalue weighted by Crippen LogP contribution is -2.44. The predicted molar refractivity (Wildman–Crippen MR) is 165 cm³/mol. The first-order valence-corrected chi connectivity index (χ1v) is 15.1. The summed E-state index contributed by atoms with van der Waals surface area (Å²) < 4.78 is 0. The quantitative estimate of drug-likeness (QED) is 0.134. The van der Waals surface area contributed by atoms with Crippen molar-refractivity contribution in [3.63, 3.8) is 0 Å². The highest BCUT2D eigenvalue weighted by atomic mass is 32.1. The number of nitrogens with zero attached hydrogens (tertiary/aromatic N) is 2. The van der Waals surface area contributed by atoms with E-state index < -0.39 is 18.2 Å². The van der Waals surface area contributed by atoms with Crippen LogP contribution < -0.4 is 10.6 Å². The van der Waals surface area contributed by atoms with E-state index in [0.29, 0.717) is 24.3 Å². The summed E-state index contributed by atoms with van der Waals surface area (Å²) in [6.07, 6.45) is 1.19. The molecule has 0 saturated carbocycles. The summed E-state index contributed by atoms with van der Waals surface area (Å²) >= 11 is 1.36. The van der Waals surface area contributed by atoms with Gasteiger partial charge in [-0.1, -0.05) is 104 Å². The molecule has 218 valence electrons. The van der Waals surface area contributed by atoms with Crippen LogP contribution in [0, 0.1) is 5.41 Å². The van der Waals surface area contributed by atoms with Crippen LogP contribution in [0.15, 0.2) is 78.9 Å². The highest BCUT2D eigenvalue weighted by Gasteiger charge is 2.34. The standard InChI is InChI=1S/C33H36N4O4S/c1-33(2,20-19-26-24-15-8-6-13-22(24)23-14-7-9-16-25(23)26)28(35-32(40)41)18-10-17-27(34-31(38)39)30-37-36-29(42-30)21-11-4-3-5-12-21/h3-9,11-16,26-28,34-35H,10,17-20H2,1-2H3,(H,38,39)(H,40,41)/t27-,28-/m0/s1. The van der Waals surface area contributed by atoms with Gasteiger partial charge < -0.3 is 20.8 Å². The number of hydrogen-bond acceptors (Lipinski definition) is 5. The molecule has 1 aliphatic carbocycles. The van der Waals surface area contributed by atoms with E-state index >= 15 is 0 Å². The Morgan fingerprint density at radius 2 is 1.43 bits per heavy atom. The molecule has 0 aliphatic heterocycles. The molecule has 5 rings (SSSR count). The summed E-state index contributed by atoms with van der Waals surface area (Å²) in [7, 11) is 0. The first-order chi connectivity index (χ1) is 20.2. The molecular formula is C33H36N4O4S. The Balaban J connectivity index is 1.26. The summed E-state index contributed by atoms with van der Waals surface area (Å²) in [5, 5.41) is 34.4. The van der Waals surface area contributed by atoms with Crippen LogP contribution >= 0.6 is 11.3 Å². The largest absolute Gasteiger partial charge is 0.465 e. The number of rotatable bonds is 12. The molecule has 0 unspecified atom stereocenters. The highest BCUT2D eigenvalue weighted by Crippen LogP contribution is 2.48. The van der Waals surface area contributed by atoms with Gasteiger partial charge in [-0.15, -0.1) is 10.2 Å². The minimum absolute atomic E-state index is 0.266. The van der Waals surface area contributed by atoms with Crippen LogP contribution in [0.3, 0.4) is 0 Å². The number of fused-ring (bicyclic) bond motifs is 3. The van der Waals surface area contributed by atoms with Gasteiger partial charge in [0.25, 0.3) is 0 Å². The van der Waals surface area contributed by atoms with E-state index in [4.69, 9.17) is 0 Å². The van der Waals surface area contributed by atoms with Crippen molar-refractivity contribution in [3.05, 3.63) is 95.0 Å². The third-order valence-electron chi connectivity index (χ3n) is 8.32. The van der Waals surface area contributed by atoms with Gasteiger partial charge in [0.2, 0.25) is 0 Å². The highest BCUT2D eigenvalue weighted by molar-refractivity contribution is 7.14. The van der Waals surface area contributed by atoms with E-state index in [2.05, 4.69) is 83.2 Å². The average Bonchev–Trinajstić information content (AvgIpc) is 3.59. The monoisotopic (exact) mass is 584 g/mol. The average molecular weight is 585 g/mol. The second-order valence-corrected chi connectivity index (χ2v) is 12.5. The molecule has 1 aromatic heterocycles. The lowest BCUT2D eigenvalue weighted by Gasteiger charge is -2.35. The van der Waals surface area contributed by atoms with Gasteiger partial charge in [0.1, 0.15) is 10.0 Å². The van der Waals surface area contributed by atoms with Gasteiger partial charge >= 0.3 is 12.2 Å². The van der Waals surface area contributed by atoms with Gasteiger partial charge in [0.15, 0.2) is 0 Å². The zero-order valence-corrected chi connectivity index (χ0v) is 24.6. The van der Waals surface area contributed by atoms with Crippen molar-refractivity contribution in [1.82, 2.24) is 20.8 Å². The normalized spacial score (nSPS) is 14.0. The predicted octanol–water partition coefficient (Wildman–Crippen LogP) is 7.94. The van der Waals surface area contributed by atoms with Crippen LogP contribution in [0.2, 0.25) is 0 Å². The summed E-state index contributed by atoms with van der Waals surface area (Å²) in [6.45, 7) is 4.23. The Labute approximate surface area is 249 Å². The van der Waals surface area contributed by atoms with E-state index in [1.54, 1.807) is 0 Å². The van der Waals surface area contributed by atoms with Gasteiger partial charge in [0.05, 0.1) is 6.04 Å². The minimum atomic E-state index is -1.13. The fourth-order valence-electron chi connectivity index (χ4n) is 6.07. The molecule has 2 amide bonds. The molecule has 42 heavy (non-hydrogen) atoms. The smallest absolute Gasteiger partial charge is 0.405 e. The van der Waals surface area contributed by atoms with Crippen LogP contribution in [-0.2, 0) is 0 Å². The molecule has 0 radical (unpaired) electrons. The maximum absolute atomic E-state index is 11.8. The van der Waals surface area contributed by atoms with Crippen molar-refractivity contribution in [1.29, 1.82) is 0 Å². The van der Waals surface area contributed by atoms with Crippen molar-refractivity contribution < 1.29 is 19.8 Å². The summed E-state index contributed by atoms with van der Waals surface area (Å²) in [5.41, 5.74) is 5.80. The molecule has 2 atom stereocenters. The molecule has 1 aliphatic rings. The van der Waals surface area contributed by atoms with Gasteiger partial charge in [0, 0.05) is 17.5 Å². The maximum atomic E-state index is 11.8. The molecule has 0 fully saturated rings. The molecule has 4 N–H and O–H groups in total. The van der Waals surface area contributed by atoms with E-state index in [1.165, 1.54) is 33.6 Å². The number of aromatic nitrogens is 2. The number of hydrogen-bond donors (Lipinski definition) is 4. The lowest BCUT2D eigenvalue weighted by molar-refractivity contribution is 0.158. The summed E-state index contributed by atoms with van der Waals surface area (Å²) in [4.78, 5) is 23.4. The van der Waals surface area contributed by atoms with Gasteiger partial charge in [-0.25, -0.2) is 9.59 Å². The Kier molecular flexibility index (Phi) is 8.87. The van der Waals surface area contributed by atoms with Gasteiger partial charge in [-0.3, -0.25) is 0 Å². The molecular weight excluding hydrogens is 548 g/mol. The van der Waals surface area contributed by atoms with Crippen LogP contribution in [0.1, 0.15) is 74.0 Å². The fourth-order valence-corrected chi connectivity index (χ4v) is 7.01. The summed E-state index contributed by atoms with van der Waals surface area (Å²) in [5.74, 6) is 0.266. The second-order valence-electron chi connectivity index (χ2n) is 11.5. The minimum Gasteiger partial charge on any atom is -0.465 e. The van der Waals surface area contributed by atoms with Gasteiger partial charge in [-0.2, -0.15) is 0 Å². The first kappa shape index (κ1) is 29.3. The lowest BCUT2D eigenvalue weighted by atomic mass is 9.75. The SMILES string of the molecule is CC(C)(CCC1c2ccccc2-c2ccccc21)[C@H](CCC[C@H](NC(=O)O)c1nnc(-c2ccccc2)s1)NC(=O)O. The molecule has 3 aromatic carbocycles. The zero-order chi connectivity index (χ0) is 29.7. The van der Waals surface area contributed by atoms with E-state index in [0.717, 1.165) is 23.4 Å². The van der Waals surface area contributed by atoms with Crippen molar-refractivity contribution >= 4 is 23.5 Å². The van der Waals surface area contributed by atoms with E-state index in [1.807, 2.05) is 30.3 Å². The van der Waals surface area contributed by atoms with Crippen LogP contribution in [0.5, 0.6) is 0 Å². The fraction of sp³-hybridized carbons (Fsp3) is 0.333. The number of nitrogens with one attached hydrogen (secondary N) is 2. The van der Waals surface area contributed by atoms with Crippen LogP contribution in [0.4, 0.5) is 9.59 Å². The first-order valence-electron chi connectivity index (χ1n) is 14.3. The third kappa shape index (κ3) is 6.62. The zero-order valence-electron chi connectivity index (χ0n) is 23.8. The number of carboxylic acid groups (broad SMARTS) is 2. The van der Waals surface area contributed by atoms with Crippen LogP contribution in [-0.4, -0.2) is 38.6 Å². The van der Waals surface area contributed by atoms with Crippen LogP contribution in [0.25, 0.3) is 21.7 Å². The number of benzene rings is 3. The van der Waals surface area contributed by atoms with E-state index in [-0.39, 0.29) is 17.4 Å². The molecule has 0 saturated heterocycles. The van der Waals surface area contributed by atoms with Gasteiger partial charge in [-0.05, 0) is 59.8 Å². The van der Waals surface area contributed by atoms with Crippen molar-refractivity contribution in [2.45, 2.75) is 64.0 Å². The molecule has 0 spiro atoms. The van der Waals surface area contributed by atoms with Crippen molar-refractivity contribution in [2.75, 3.05) is 0 Å². The summed E-state index contributed by atoms with van der Waals surface area (Å²) in [6, 6.07) is 25.9. The number of amides is 2. The molecule has 8 nitrogen and oxygen atoms in total. The molecule has 4 aromatic rings. The Hall–Kier alpha value is -4.24.